The maximum absolute atomic E-state index is 2.59. The number of hydrogen-bond donors (Lipinski definition) is 0. The number of anilines is 6. The Morgan fingerprint density at radius 3 is 1.20 bits per heavy atom. The molecule has 0 amide bonds. The van der Waals surface area contributed by atoms with Crippen molar-refractivity contribution < 1.29 is 0 Å². The Hall–Kier alpha value is -4.32. The van der Waals surface area contributed by atoms with Crippen LogP contribution in [0.25, 0.3) is 20.2 Å². The molecule has 0 aliphatic carbocycles. The average Bonchev–Trinajstić information content (AvgIpc) is 3.70. The van der Waals surface area contributed by atoms with Crippen LogP contribution in [0, 0.1) is 0 Å². The summed E-state index contributed by atoms with van der Waals surface area (Å²) in [6.45, 7) is 18.5. The monoisotopic (exact) mass is 700 g/mol. The number of fused-ring (bicyclic) bond motifs is 8. The molecule has 0 bridgehead atoms. The highest BCUT2D eigenvalue weighted by atomic mass is 32.1. The van der Waals surface area contributed by atoms with Crippen molar-refractivity contribution >= 4 is 98.7 Å². The molecule has 7 aromatic rings. The molecule has 0 fully saturated rings. The number of benzene rings is 5. The summed E-state index contributed by atoms with van der Waals surface area (Å²) in [4.78, 5) is 5.18. The van der Waals surface area contributed by atoms with E-state index >= 15 is 0 Å². The predicted octanol–water partition coefficient (Wildman–Crippen LogP) is 12.7. The highest BCUT2D eigenvalue weighted by Crippen LogP contribution is 2.50. The summed E-state index contributed by atoms with van der Waals surface area (Å²) in [6, 6.07) is 40.1. The van der Waals surface area contributed by atoms with Gasteiger partial charge in [0.25, 0.3) is 6.71 Å². The fraction of sp³-hybridized carbons (Fsp3) is 0.261. The van der Waals surface area contributed by atoms with Gasteiger partial charge in [0.2, 0.25) is 0 Å². The van der Waals surface area contributed by atoms with Crippen molar-refractivity contribution in [2.75, 3.05) is 9.80 Å². The SMILES string of the molecule is CC(C)c1ccc(N2c3cccc4c3B(c3sc5ccc(C(C)C)cc5c32)c2sc3ccc(C(C)C)cc3c2N4c2ccc(C(C)C)cc2)cc1. The van der Waals surface area contributed by atoms with E-state index in [9.17, 15) is 0 Å². The lowest BCUT2D eigenvalue weighted by Gasteiger charge is -2.42. The van der Waals surface area contributed by atoms with Crippen LogP contribution < -0.4 is 24.8 Å². The second-order valence-electron chi connectivity index (χ2n) is 15.8. The molecule has 9 rings (SSSR count). The van der Waals surface area contributed by atoms with Gasteiger partial charge >= 0.3 is 0 Å². The van der Waals surface area contributed by atoms with Crippen LogP contribution in [0.2, 0.25) is 0 Å². The summed E-state index contributed by atoms with van der Waals surface area (Å²) >= 11 is 3.99. The molecule has 51 heavy (non-hydrogen) atoms. The first-order valence-electron chi connectivity index (χ1n) is 18.7. The lowest BCUT2D eigenvalue weighted by molar-refractivity contribution is 0.866. The number of nitrogens with zero attached hydrogens (tertiary/aromatic N) is 2. The Kier molecular flexibility index (Phi) is 7.76. The van der Waals surface area contributed by atoms with Gasteiger partial charge in [-0.05, 0) is 112 Å². The lowest BCUT2D eigenvalue weighted by Crippen LogP contribution is -2.59. The van der Waals surface area contributed by atoms with Crippen molar-refractivity contribution in [1.29, 1.82) is 0 Å². The molecule has 5 heteroatoms. The third-order valence-electron chi connectivity index (χ3n) is 11.2. The highest BCUT2D eigenvalue weighted by molar-refractivity contribution is 7.40. The molecule has 0 N–H and O–H groups in total. The van der Waals surface area contributed by atoms with Crippen LogP contribution in [0.1, 0.15) is 101 Å². The van der Waals surface area contributed by atoms with E-state index in [0.717, 1.165) is 0 Å². The molecule has 0 saturated heterocycles. The van der Waals surface area contributed by atoms with Gasteiger partial charge in [-0.3, -0.25) is 0 Å². The zero-order valence-corrected chi connectivity index (χ0v) is 32.5. The Balaban J connectivity index is 1.38. The van der Waals surface area contributed by atoms with Crippen LogP contribution in [0.3, 0.4) is 0 Å². The van der Waals surface area contributed by atoms with Gasteiger partial charge in [-0.2, -0.15) is 0 Å². The van der Waals surface area contributed by atoms with Gasteiger partial charge < -0.3 is 9.80 Å². The van der Waals surface area contributed by atoms with Crippen molar-refractivity contribution in [3.63, 3.8) is 0 Å². The second-order valence-corrected chi connectivity index (χ2v) is 17.9. The molecule has 0 saturated carbocycles. The topological polar surface area (TPSA) is 6.48 Å². The number of rotatable bonds is 6. The minimum absolute atomic E-state index is 0.151. The van der Waals surface area contributed by atoms with Crippen molar-refractivity contribution in [3.8, 4) is 0 Å². The average molecular weight is 701 g/mol. The van der Waals surface area contributed by atoms with Gasteiger partial charge in [-0.15, -0.1) is 22.7 Å². The summed E-state index contributed by atoms with van der Waals surface area (Å²) in [7, 11) is 0. The summed E-state index contributed by atoms with van der Waals surface area (Å²) in [5.74, 6) is 1.89. The van der Waals surface area contributed by atoms with Crippen LogP contribution in [0.4, 0.5) is 34.1 Å². The quantitative estimate of drug-likeness (QED) is 0.159. The normalized spacial score (nSPS) is 13.7. The van der Waals surface area contributed by atoms with Gasteiger partial charge in [0.05, 0.1) is 11.4 Å². The molecule has 5 aromatic carbocycles. The summed E-state index contributed by atoms with van der Waals surface area (Å²) < 4.78 is 5.62. The third kappa shape index (κ3) is 5.03. The van der Waals surface area contributed by atoms with Crippen molar-refractivity contribution in [2.45, 2.75) is 79.1 Å². The molecule has 4 heterocycles. The van der Waals surface area contributed by atoms with E-state index in [2.05, 4.69) is 168 Å². The van der Waals surface area contributed by atoms with Crippen LogP contribution in [-0.4, -0.2) is 6.71 Å². The number of hydrogen-bond acceptors (Lipinski definition) is 4. The summed E-state index contributed by atoms with van der Waals surface area (Å²) in [5.41, 5.74) is 14.6. The zero-order chi connectivity index (χ0) is 35.3. The largest absolute Gasteiger partial charge is 0.310 e. The molecule has 2 nitrogen and oxygen atoms in total. The molecule has 2 aliphatic rings. The van der Waals surface area contributed by atoms with Crippen molar-refractivity contribution in [2.24, 2.45) is 0 Å². The molecule has 0 radical (unpaired) electrons. The van der Waals surface area contributed by atoms with Gasteiger partial charge in [0.15, 0.2) is 0 Å². The van der Waals surface area contributed by atoms with E-state index in [0.29, 0.717) is 23.7 Å². The minimum atomic E-state index is 0.151. The second kappa shape index (κ2) is 12.1. The maximum Gasteiger partial charge on any atom is 0.277 e. The molecule has 0 unspecified atom stereocenters. The van der Waals surface area contributed by atoms with Gasteiger partial charge in [-0.25, -0.2) is 0 Å². The smallest absolute Gasteiger partial charge is 0.277 e. The third-order valence-corrected chi connectivity index (χ3v) is 13.6. The first-order chi connectivity index (χ1) is 24.6. The predicted molar refractivity (Wildman–Crippen MR) is 228 cm³/mol. The zero-order valence-electron chi connectivity index (χ0n) is 30.9. The highest BCUT2D eigenvalue weighted by Gasteiger charge is 2.46. The van der Waals surface area contributed by atoms with Crippen LogP contribution in [0.5, 0.6) is 0 Å². The molecular formula is C46H45BN2S2. The Morgan fingerprint density at radius 1 is 0.451 bits per heavy atom. The maximum atomic E-state index is 2.59. The van der Waals surface area contributed by atoms with Crippen molar-refractivity contribution in [1.82, 2.24) is 0 Å². The Labute approximate surface area is 311 Å². The van der Waals surface area contributed by atoms with Crippen LogP contribution in [-0.2, 0) is 0 Å². The van der Waals surface area contributed by atoms with E-state index in [1.807, 2.05) is 22.7 Å². The van der Waals surface area contributed by atoms with E-state index in [1.165, 1.54) is 91.6 Å². The van der Waals surface area contributed by atoms with Gasteiger partial charge in [0, 0.05) is 52.5 Å². The standard InChI is InChI=1S/C46H45BN2S2/c1-26(2)30-12-18-34(19-13-30)48-38-10-9-11-39-42(38)47(45-43(48)36-24-32(28(5)6)16-22-40(36)50-45)46-44(37-25-33(29(7)8)17-23-41(37)51-46)49(39)35-20-14-31(15-21-35)27(3)4/h9-29H,1-8H3. The van der Waals surface area contributed by atoms with Crippen LogP contribution in [0.15, 0.2) is 103 Å². The first-order valence-corrected chi connectivity index (χ1v) is 20.3. The van der Waals surface area contributed by atoms with E-state index in [-0.39, 0.29) is 6.71 Å². The number of thiophene rings is 2. The van der Waals surface area contributed by atoms with E-state index in [1.54, 1.807) is 0 Å². The van der Waals surface area contributed by atoms with Crippen LogP contribution >= 0.6 is 22.7 Å². The minimum Gasteiger partial charge on any atom is -0.310 e. The first kappa shape index (κ1) is 32.6. The molecular weight excluding hydrogens is 655 g/mol. The van der Waals surface area contributed by atoms with Gasteiger partial charge in [-0.1, -0.05) is 97.9 Å². The fourth-order valence-electron chi connectivity index (χ4n) is 8.22. The summed E-state index contributed by atoms with van der Waals surface area (Å²) in [6.07, 6.45) is 0. The van der Waals surface area contributed by atoms with Crippen molar-refractivity contribution in [3.05, 3.63) is 125 Å². The summed E-state index contributed by atoms with van der Waals surface area (Å²) in [5, 5.41) is 2.73. The Bertz CT molecular complexity index is 2280. The molecule has 0 spiro atoms. The molecule has 254 valence electrons. The molecule has 0 atom stereocenters. The molecule has 2 aromatic heterocycles. The van der Waals surface area contributed by atoms with E-state index in [4.69, 9.17) is 0 Å². The molecule has 2 aliphatic heterocycles. The Morgan fingerprint density at radius 2 is 0.824 bits per heavy atom. The van der Waals surface area contributed by atoms with Gasteiger partial charge in [0.1, 0.15) is 0 Å². The van der Waals surface area contributed by atoms with E-state index < -0.39 is 0 Å². The fourth-order valence-corrected chi connectivity index (χ4v) is 10.9. The lowest BCUT2D eigenvalue weighted by atomic mass is 9.39.